The lowest BCUT2D eigenvalue weighted by Crippen LogP contribution is -2.37. The molecule has 2 unspecified atom stereocenters. The van der Waals surface area contributed by atoms with Gasteiger partial charge >= 0.3 is 5.69 Å². The molecular formula is C15H22N2O12P2-2. The smallest absolute Gasteiger partial charge is 0.330 e. The van der Waals surface area contributed by atoms with Gasteiger partial charge in [-0.15, -0.1) is 0 Å². The molecule has 6 atom stereocenters. The quantitative estimate of drug-likeness (QED) is 0.359. The highest BCUT2D eigenvalue weighted by Gasteiger charge is 2.44. The maximum atomic E-state index is 11.9. The monoisotopic (exact) mass is 484 g/mol. The Bertz CT molecular complexity index is 973. The van der Waals surface area contributed by atoms with Crippen molar-refractivity contribution in [3.05, 3.63) is 33.1 Å². The summed E-state index contributed by atoms with van der Waals surface area (Å²) in [4.78, 5) is 48.7. The fraction of sp³-hybridized carbons (Fsp3) is 0.733. The van der Waals surface area contributed by atoms with Gasteiger partial charge in [0.1, 0.15) is 18.3 Å². The Morgan fingerprint density at radius 3 is 2.45 bits per heavy atom. The first-order valence-corrected chi connectivity index (χ1v) is 12.4. The molecule has 0 bridgehead atoms. The van der Waals surface area contributed by atoms with E-state index in [-0.39, 0.29) is 0 Å². The van der Waals surface area contributed by atoms with Gasteiger partial charge in [0, 0.05) is 12.3 Å². The standard InChI is InChI=1S/C15H24N2O12P2/c18-11-6-7-17(15(21)16-11)14-13(20)12(19)10(27-14)8-26-30(22,23)29-31(24,25)28-9-4-2-1-3-5-9/h6-7,9-10,12-14,19-20H,1-5,8H2,(H,22,23)(H,24,25)(H,16,18,21)/p-2/t10-,12-,13-,14-/m1/s1. The molecule has 14 nitrogen and oxygen atoms in total. The molecule has 1 aromatic heterocycles. The molecule has 0 radical (unpaired) electrons. The molecule has 16 heteroatoms. The van der Waals surface area contributed by atoms with E-state index in [0.29, 0.717) is 12.8 Å². The van der Waals surface area contributed by atoms with Crippen LogP contribution in [0.25, 0.3) is 0 Å². The van der Waals surface area contributed by atoms with Gasteiger partial charge in [0.15, 0.2) is 6.23 Å². The molecule has 0 spiro atoms. The predicted molar refractivity (Wildman–Crippen MR) is 97.5 cm³/mol. The third-order valence-electron chi connectivity index (χ3n) is 4.89. The molecule has 0 aromatic carbocycles. The predicted octanol–water partition coefficient (Wildman–Crippen LogP) is -1.52. The number of nitrogens with one attached hydrogen (secondary N) is 1. The van der Waals surface area contributed by atoms with Crippen LogP contribution < -0.4 is 21.0 Å². The number of aromatic amines is 1. The van der Waals surface area contributed by atoms with E-state index in [0.717, 1.165) is 36.1 Å². The molecular weight excluding hydrogens is 462 g/mol. The maximum Gasteiger partial charge on any atom is 0.330 e. The molecule has 31 heavy (non-hydrogen) atoms. The van der Waals surface area contributed by atoms with E-state index in [2.05, 4.69) is 8.83 Å². The number of aliphatic hydroxyl groups is 2. The van der Waals surface area contributed by atoms with Crippen LogP contribution >= 0.6 is 15.6 Å². The molecule has 0 amide bonds. The Morgan fingerprint density at radius 2 is 1.81 bits per heavy atom. The van der Waals surface area contributed by atoms with E-state index < -0.39 is 64.1 Å². The Hall–Kier alpha value is -1.18. The normalized spacial score (nSPS) is 31.2. The Morgan fingerprint density at radius 1 is 1.13 bits per heavy atom. The largest absolute Gasteiger partial charge is 0.756 e. The number of phosphoric ester groups is 2. The van der Waals surface area contributed by atoms with E-state index >= 15 is 0 Å². The van der Waals surface area contributed by atoms with Crippen molar-refractivity contribution in [1.29, 1.82) is 0 Å². The maximum absolute atomic E-state index is 11.9. The minimum atomic E-state index is -5.43. The molecule has 1 aromatic rings. The third kappa shape index (κ3) is 6.42. The van der Waals surface area contributed by atoms with Gasteiger partial charge in [0.25, 0.3) is 21.2 Å². The number of aromatic nitrogens is 2. The summed E-state index contributed by atoms with van der Waals surface area (Å²) < 4.78 is 43.1. The minimum Gasteiger partial charge on any atom is -0.756 e. The first-order valence-electron chi connectivity index (χ1n) is 9.47. The van der Waals surface area contributed by atoms with E-state index in [9.17, 15) is 38.7 Å². The summed E-state index contributed by atoms with van der Waals surface area (Å²) in [6, 6.07) is 0.978. The number of H-pyrrole nitrogens is 1. The van der Waals surface area contributed by atoms with Crippen molar-refractivity contribution < 1.29 is 47.2 Å². The van der Waals surface area contributed by atoms with Crippen molar-refractivity contribution in [1.82, 2.24) is 9.55 Å². The van der Waals surface area contributed by atoms with Crippen LogP contribution in [0.4, 0.5) is 0 Å². The zero-order valence-electron chi connectivity index (χ0n) is 16.1. The van der Waals surface area contributed by atoms with E-state index in [4.69, 9.17) is 9.26 Å². The molecule has 3 rings (SSSR count). The highest BCUT2D eigenvalue weighted by molar-refractivity contribution is 7.59. The summed E-state index contributed by atoms with van der Waals surface area (Å²) in [5, 5.41) is 20.2. The highest BCUT2D eigenvalue weighted by atomic mass is 31.3. The average molecular weight is 484 g/mol. The molecule has 1 aliphatic carbocycles. The Labute approximate surface area is 175 Å². The van der Waals surface area contributed by atoms with Crippen LogP contribution in [-0.2, 0) is 27.2 Å². The fourth-order valence-corrected chi connectivity index (χ4v) is 5.64. The molecule has 3 N–H and O–H groups in total. The van der Waals surface area contributed by atoms with Crippen molar-refractivity contribution in [2.75, 3.05) is 6.61 Å². The van der Waals surface area contributed by atoms with Gasteiger partial charge in [-0.25, -0.2) is 9.11 Å². The van der Waals surface area contributed by atoms with Crippen molar-refractivity contribution in [3.63, 3.8) is 0 Å². The van der Waals surface area contributed by atoms with Gasteiger partial charge in [-0.3, -0.25) is 23.5 Å². The van der Waals surface area contributed by atoms with Gasteiger partial charge in [-0.05, 0) is 12.8 Å². The summed E-state index contributed by atoms with van der Waals surface area (Å²) in [5.41, 5.74) is -1.63. The highest BCUT2D eigenvalue weighted by Crippen LogP contribution is 2.57. The van der Waals surface area contributed by atoms with Gasteiger partial charge < -0.3 is 33.8 Å². The van der Waals surface area contributed by atoms with Crippen LogP contribution in [0.3, 0.4) is 0 Å². The summed E-state index contributed by atoms with van der Waals surface area (Å²) in [6.45, 7) is -0.920. The third-order valence-corrected chi connectivity index (χ3v) is 7.51. The number of phosphoric acid groups is 2. The number of ether oxygens (including phenoxy) is 1. The van der Waals surface area contributed by atoms with Gasteiger partial charge in [0.2, 0.25) is 0 Å². The molecule has 1 saturated carbocycles. The number of nitrogens with zero attached hydrogens (tertiary/aromatic N) is 1. The average Bonchev–Trinajstić information content (AvgIpc) is 2.94. The van der Waals surface area contributed by atoms with Crippen LogP contribution in [0.1, 0.15) is 38.3 Å². The van der Waals surface area contributed by atoms with E-state index in [1.165, 1.54) is 0 Å². The second kappa shape index (κ2) is 9.75. The fourth-order valence-electron chi connectivity index (χ4n) is 3.41. The van der Waals surface area contributed by atoms with E-state index in [1.54, 1.807) is 0 Å². The minimum absolute atomic E-state index is 0.450. The second-order valence-electron chi connectivity index (χ2n) is 7.20. The second-order valence-corrected chi connectivity index (χ2v) is 10.1. The number of rotatable bonds is 8. The van der Waals surface area contributed by atoms with Crippen LogP contribution in [0.5, 0.6) is 0 Å². The summed E-state index contributed by atoms with van der Waals surface area (Å²) in [6.07, 6.45) is -2.64. The van der Waals surface area contributed by atoms with Crippen molar-refractivity contribution in [3.8, 4) is 0 Å². The van der Waals surface area contributed by atoms with Crippen LogP contribution in [0.15, 0.2) is 21.9 Å². The summed E-state index contributed by atoms with van der Waals surface area (Å²) >= 11 is 0. The van der Waals surface area contributed by atoms with Crippen molar-refractivity contribution in [2.24, 2.45) is 0 Å². The Balaban J connectivity index is 1.59. The molecule has 2 aliphatic rings. The summed E-state index contributed by atoms with van der Waals surface area (Å²) in [7, 11) is -10.7. The molecule has 1 aliphatic heterocycles. The van der Waals surface area contributed by atoms with Gasteiger partial charge in [0.05, 0.1) is 12.7 Å². The number of hydrogen-bond acceptors (Lipinski definition) is 12. The first kappa shape index (κ1) is 24.5. The van der Waals surface area contributed by atoms with Gasteiger partial charge in [-0.1, -0.05) is 19.3 Å². The molecule has 2 heterocycles. The van der Waals surface area contributed by atoms with Gasteiger partial charge in [-0.2, -0.15) is 0 Å². The molecule has 1 saturated heterocycles. The van der Waals surface area contributed by atoms with Crippen molar-refractivity contribution in [2.45, 2.75) is 62.7 Å². The zero-order chi connectivity index (χ0) is 22.8. The van der Waals surface area contributed by atoms with Crippen molar-refractivity contribution >= 4 is 15.6 Å². The topological polar surface area (TPSA) is 212 Å². The van der Waals surface area contributed by atoms with Crippen LogP contribution in [0, 0.1) is 0 Å². The van der Waals surface area contributed by atoms with Crippen LogP contribution in [0.2, 0.25) is 0 Å². The lowest BCUT2D eigenvalue weighted by molar-refractivity contribution is -0.248. The lowest BCUT2D eigenvalue weighted by Gasteiger charge is -2.34. The lowest BCUT2D eigenvalue weighted by atomic mass is 9.98. The SMILES string of the molecule is O=c1ccn([C@@H]2O[C@H](COP(=O)([O-])OP(=O)([O-])OC3CCCCC3)[C@@H](O)[C@H]2O)c(=O)[nH]1. The Kier molecular flexibility index (Phi) is 7.70. The van der Waals surface area contributed by atoms with Crippen LogP contribution in [-0.4, -0.2) is 50.8 Å². The zero-order valence-corrected chi connectivity index (χ0v) is 17.9. The summed E-state index contributed by atoms with van der Waals surface area (Å²) in [5.74, 6) is 0. The number of aliphatic hydroxyl groups excluding tert-OH is 2. The number of hydrogen-bond donors (Lipinski definition) is 3. The molecule has 2 fully saturated rings. The molecule has 176 valence electrons. The first-order chi connectivity index (χ1) is 14.5. The van der Waals surface area contributed by atoms with E-state index in [1.807, 2.05) is 4.98 Å².